The lowest BCUT2D eigenvalue weighted by Crippen LogP contribution is -2.50. The molecule has 0 spiro atoms. The van der Waals surface area contributed by atoms with Gasteiger partial charge in [-0.1, -0.05) is 44.5 Å². The maximum absolute atomic E-state index is 13.5. The van der Waals surface area contributed by atoms with E-state index in [2.05, 4.69) is 18.6 Å². The predicted octanol–water partition coefficient (Wildman–Crippen LogP) is 4.75. The smallest absolute Gasteiger partial charge is 0.244 e. The molecule has 1 rings (SSSR count). The molecule has 2 atom stereocenters. The van der Waals surface area contributed by atoms with Crippen LogP contribution in [0.4, 0.5) is 0 Å². The van der Waals surface area contributed by atoms with Gasteiger partial charge in [-0.15, -0.1) is 6.58 Å². The molecule has 27 heavy (non-hydrogen) atoms. The van der Waals surface area contributed by atoms with Gasteiger partial charge in [0.05, 0.1) is 10.9 Å². The molecule has 0 amide bonds. The van der Waals surface area contributed by atoms with Crippen LogP contribution in [0.3, 0.4) is 0 Å². The Morgan fingerprint density at radius 1 is 1.11 bits per heavy atom. The molecular formula is C22H33NO3S. The van der Waals surface area contributed by atoms with E-state index < -0.39 is 33.1 Å². The Morgan fingerprint density at radius 3 is 2.04 bits per heavy atom. The molecule has 1 aromatic carbocycles. The van der Waals surface area contributed by atoms with Gasteiger partial charge in [0.25, 0.3) is 0 Å². The number of ether oxygens (including phenoxy) is 1. The summed E-state index contributed by atoms with van der Waals surface area (Å²) in [5, 5.41) is 0. The summed E-state index contributed by atoms with van der Waals surface area (Å²) in [5.74, 6) is 3.05. The average Bonchev–Trinajstić information content (AvgIpc) is 2.51. The summed E-state index contributed by atoms with van der Waals surface area (Å²) in [6.07, 6.45) is 4.36. The van der Waals surface area contributed by atoms with Crippen molar-refractivity contribution < 1.29 is 13.2 Å². The Kier molecular flexibility index (Phi) is 7.32. The summed E-state index contributed by atoms with van der Waals surface area (Å²) in [7, 11) is -3.77. The minimum atomic E-state index is -3.77. The molecule has 0 radical (unpaired) electrons. The van der Waals surface area contributed by atoms with Gasteiger partial charge in [0.2, 0.25) is 10.0 Å². The molecule has 0 saturated heterocycles. The summed E-state index contributed by atoms with van der Waals surface area (Å²) < 4.78 is 33.9. The maximum atomic E-state index is 13.5. The van der Waals surface area contributed by atoms with Crippen LogP contribution in [0.25, 0.3) is 0 Å². The van der Waals surface area contributed by atoms with Crippen LogP contribution >= 0.6 is 0 Å². The van der Waals surface area contributed by atoms with Crippen LogP contribution in [0.1, 0.15) is 54.0 Å². The van der Waals surface area contributed by atoms with E-state index in [1.165, 1.54) is 4.31 Å². The monoisotopic (exact) mass is 391 g/mol. The Labute approximate surface area is 165 Å². The van der Waals surface area contributed by atoms with Crippen molar-refractivity contribution in [3.63, 3.8) is 0 Å². The molecule has 150 valence electrons. The standard InChI is InChI=1S/C22H33NO3S/c1-10-18(3)23(27(24,25)19-13-11-17(2)12-14-19)20(21(4,5)6)15-16-26-22(7,8)9/h10-14,18,20H,1H2,2-9H3. The van der Waals surface area contributed by atoms with Crippen molar-refractivity contribution in [1.29, 1.82) is 0 Å². The van der Waals surface area contributed by atoms with Gasteiger partial charge in [-0.2, -0.15) is 4.31 Å². The van der Waals surface area contributed by atoms with Crippen LogP contribution in [0.15, 0.2) is 41.8 Å². The molecule has 0 bridgehead atoms. The Morgan fingerprint density at radius 2 is 1.63 bits per heavy atom. The lowest BCUT2D eigenvalue weighted by Gasteiger charge is -2.38. The van der Waals surface area contributed by atoms with Gasteiger partial charge in [0.15, 0.2) is 0 Å². The number of aryl methyl sites for hydroxylation is 1. The van der Waals surface area contributed by atoms with Gasteiger partial charge in [0.1, 0.15) is 11.7 Å². The first-order valence-electron chi connectivity index (χ1n) is 9.11. The van der Waals surface area contributed by atoms with Crippen molar-refractivity contribution in [3.05, 3.63) is 42.5 Å². The first-order chi connectivity index (χ1) is 12.2. The van der Waals surface area contributed by atoms with E-state index >= 15 is 0 Å². The van der Waals surface area contributed by atoms with Crippen molar-refractivity contribution >= 4 is 10.0 Å². The Hall–Kier alpha value is -1.77. The van der Waals surface area contributed by atoms with Crippen molar-refractivity contribution in [2.45, 2.75) is 78.0 Å². The van der Waals surface area contributed by atoms with Crippen LogP contribution < -0.4 is 0 Å². The first kappa shape index (κ1) is 23.3. The Bertz CT molecular complexity index is 800. The molecule has 0 fully saturated rings. The average molecular weight is 392 g/mol. The third-order valence-electron chi connectivity index (χ3n) is 3.97. The summed E-state index contributed by atoms with van der Waals surface area (Å²) in [4.78, 5) is 0.245. The fraction of sp³-hybridized carbons (Fsp3) is 0.545. The van der Waals surface area contributed by atoms with Gasteiger partial charge < -0.3 is 4.74 Å². The number of hydrogen-bond donors (Lipinski definition) is 0. The summed E-state index contributed by atoms with van der Waals surface area (Å²) >= 11 is 0. The number of sulfonamides is 1. The molecule has 0 N–H and O–H groups in total. The van der Waals surface area contributed by atoms with E-state index in [1.54, 1.807) is 30.3 Å². The lowest BCUT2D eigenvalue weighted by molar-refractivity contribution is 0.0948. The van der Waals surface area contributed by atoms with E-state index in [0.717, 1.165) is 5.56 Å². The van der Waals surface area contributed by atoms with Crippen molar-refractivity contribution in [2.75, 3.05) is 0 Å². The Balaban J connectivity index is 3.52. The summed E-state index contributed by atoms with van der Waals surface area (Å²) in [5.41, 5.74) is 0.145. The van der Waals surface area contributed by atoms with Gasteiger partial charge in [-0.3, -0.25) is 0 Å². The van der Waals surface area contributed by atoms with Crippen molar-refractivity contribution in [1.82, 2.24) is 4.31 Å². The predicted molar refractivity (Wildman–Crippen MR) is 112 cm³/mol. The van der Waals surface area contributed by atoms with Gasteiger partial charge in [-0.25, -0.2) is 8.42 Å². The second-order valence-corrected chi connectivity index (χ2v) is 10.7. The van der Waals surface area contributed by atoms with E-state index in [1.807, 2.05) is 55.4 Å². The second kappa shape index (κ2) is 8.50. The molecule has 0 aliphatic rings. The minimum Gasteiger partial charge on any atom is -0.441 e. The zero-order valence-electron chi connectivity index (χ0n) is 17.8. The minimum absolute atomic E-state index is 0.245. The van der Waals surface area contributed by atoms with Crippen LogP contribution in [-0.2, 0) is 14.8 Å². The molecule has 0 aliphatic heterocycles. The molecule has 0 aliphatic carbocycles. The lowest BCUT2D eigenvalue weighted by atomic mass is 9.86. The third kappa shape index (κ3) is 6.41. The quantitative estimate of drug-likeness (QED) is 0.537. The van der Waals surface area contributed by atoms with Crippen LogP contribution in [0.5, 0.6) is 0 Å². The van der Waals surface area contributed by atoms with Crippen molar-refractivity contribution in [2.24, 2.45) is 5.41 Å². The molecule has 5 heteroatoms. The normalized spacial score (nSPS) is 14.9. The number of nitrogens with zero attached hydrogens (tertiary/aromatic N) is 1. The van der Waals surface area contributed by atoms with Gasteiger partial charge >= 0.3 is 0 Å². The first-order valence-corrected chi connectivity index (χ1v) is 10.6. The fourth-order valence-electron chi connectivity index (χ4n) is 2.43. The summed E-state index contributed by atoms with van der Waals surface area (Å²) in [6, 6.07) is 5.84. The molecule has 0 saturated carbocycles. The van der Waals surface area contributed by atoms with Crippen LogP contribution in [0.2, 0.25) is 0 Å². The van der Waals surface area contributed by atoms with E-state index in [4.69, 9.17) is 4.74 Å². The third-order valence-corrected chi connectivity index (χ3v) is 5.93. The molecular weight excluding hydrogens is 358 g/mol. The fourth-order valence-corrected chi connectivity index (χ4v) is 4.32. The largest absolute Gasteiger partial charge is 0.441 e. The van der Waals surface area contributed by atoms with Gasteiger partial charge in [-0.05, 0) is 58.1 Å². The number of benzene rings is 1. The number of rotatable bonds is 5. The van der Waals surface area contributed by atoms with E-state index in [9.17, 15) is 8.42 Å². The highest BCUT2D eigenvalue weighted by Crippen LogP contribution is 2.31. The highest BCUT2D eigenvalue weighted by molar-refractivity contribution is 7.89. The molecule has 1 aromatic rings. The van der Waals surface area contributed by atoms with Crippen LogP contribution in [-0.4, -0.2) is 30.4 Å². The molecule has 2 unspecified atom stereocenters. The maximum Gasteiger partial charge on any atom is 0.244 e. The highest BCUT2D eigenvalue weighted by Gasteiger charge is 2.40. The summed E-state index contributed by atoms with van der Waals surface area (Å²) in [6.45, 7) is 19.2. The topological polar surface area (TPSA) is 46.6 Å². The second-order valence-electron chi connectivity index (χ2n) is 8.85. The molecule has 4 nitrogen and oxygen atoms in total. The number of hydrogen-bond acceptors (Lipinski definition) is 3. The molecule has 0 heterocycles. The zero-order chi connectivity index (χ0) is 21.0. The van der Waals surface area contributed by atoms with Gasteiger partial charge in [0, 0.05) is 6.04 Å². The highest BCUT2D eigenvalue weighted by atomic mass is 32.2. The van der Waals surface area contributed by atoms with Crippen LogP contribution in [0, 0.1) is 24.4 Å². The zero-order valence-corrected chi connectivity index (χ0v) is 18.6. The van der Waals surface area contributed by atoms with E-state index in [-0.39, 0.29) is 4.90 Å². The van der Waals surface area contributed by atoms with E-state index in [0.29, 0.717) is 0 Å². The SMILES string of the molecule is C=CC(C)N(C(C#COC(C)(C)C)C(C)(C)C)S(=O)(=O)c1ccc(C)cc1. The van der Waals surface area contributed by atoms with Crippen molar-refractivity contribution in [3.8, 4) is 12.0 Å². The molecule has 0 aromatic heterocycles.